The van der Waals surface area contributed by atoms with Crippen LogP contribution >= 0.6 is 15.9 Å². The maximum Gasteiger partial charge on any atom is 0.133 e. The number of hydrogen-bond donors (Lipinski definition) is 1. The van der Waals surface area contributed by atoms with E-state index in [-0.39, 0.29) is 0 Å². The van der Waals surface area contributed by atoms with Gasteiger partial charge in [0.25, 0.3) is 0 Å². The van der Waals surface area contributed by atoms with Crippen molar-refractivity contribution < 1.29 is 4.74 Å². The second-order valence-electron chi connectivity index (χ2n) is 5.80. The summed E-state index contributed by atoms with van der Waals surface area (Å²) in [6, 6.07) is 6.95. The molecule has 0 saturated carbocycles. The molecule has 1 aromatic carbocycles. The van der Waals surface area contributed by atoms with Gasteiger partial charge < -0.3 is 10.1 Å². The molecule has 1 atom stereocenters. The summed E-state index contributed by atoms with van der Waals surface area (Å²) in [6.07, 6.45) is 4.78. The summed E-state index contributed by atoms with van der Waals surface area (Å²) >= 11 is 3.57. The Hall–Kier alpha value is -0.540. The van der Waals surface area contributed by atoms with Crippen molar-refractivity contribution in [2.75, 3.05) is 13.7 Å². The van der Waals surface area contributed by atoms with Crippen LogP contribution in [0.15, 0.2) is 22.7 Å². The normalized spacial score (nSPS) is 12.7. The molecule has 0 aliphatic heterocycles. The third-order valence-electron chi connectivity index (χ3n) is 3.47. The van der Waals surface area contributed by atoms with E-state index in [1.54, 1.807) is 7.11 Å². The summed E-state index contributed by atoms with van der Waals surface area (Å²) in [5, 5.41) is 3.67. The van der Waals surface area contributed by atoms with Crippen LogP contribution in [0, 0.1) is 5.92 Å². The van der Waals surface area contributed by atoms with Crippen LogP contribution in [0.4, 0.5) is 0 Å². The summed E-state index contributed by atoms with van der Waals surface area (Å²) in [6.45, 7) is 7.90. The van der Waals surface area contributed by atoms with E-state index in [1.807, 2.05) is 6.07 Å². The number of methoxy groups -OCH3 is 1. The summed E-state index contributed by atoms with van der Waals surface area (Å²) < 4.78 is 6.32. The Morgan fingerprint density at radius 3 is 2.55 bits per heavy atom. The van der Waals surface area contributed by atoms with Crippen molar-refractivity contribution in [1.29, 1.82) is 0 Å². The second kappa shape index (κ2) is 9.41. The van der Waals surface area contributed by atoms with Gasteiger partial charge in [0.2, 0.25) is 0 Å². The number of halogens is 1. The number of hydrogen-bond acceptors (Lipinski definition) is 2. The molecule has 0 radical (unpaired) electrons. The minimum Gasteiger partial charge on any atom is -0.496 e. The molecule has 114 valence electrons. The Balaban J connectivity index is 2.64. The van der Waals surface area contributed by atoms with E-state index < -0.39 is 0 Å². The molecule has 1 rings (SSSR count). The van der Waals surface area contributed by atoms with E-state index in [4.69, 9.17) is 4.74 Å². The van der Waals surface area contributed by atoms with Crippen molar-refractivity contribution in [3.8, 4) is 5.75 Å². The van der Waals surface area contributed by atoms with Crippen LogP contribution in [0.3, 0.4) is 0 Å². The molecule has 0 spiro atoms. The summed E-state index contributed by atoms with van der Waals surface area (Å²) in [5.41, 5.74) is 1.36. The predicted octanol–water partition coefficient (Wildman–Crippen LogP) is 4.80. The number of ether oxygens (including phenoxy) is 1. The fourth-order valence-electron chi connectivity index (χ4n) is 2.28. The van der Waals surface area contributed by atoms with E-state index in [0.717, 1.165) is 29.1 Å². The average Bonchev–Trinajstić information content (AvgIpc) is 2.42. The Bertz CT molecular complexity index is 393. The van der Waals surface area contributed by atoms with Gasteiger partial charge in [0.15, 0.2) is 0 Å². The first-order valence-corrected chi connectivity index (χ1v) is 8.41. The van der Waals surface area contributed by atoms with Crippen LogP contribution < -0.4 is 10.1 Å². The van der Waals surface area contributed by atoms with Crippen LogP contribution in [0.2, 0.25) is 0 Å². The van der Waals surface area contributed by atoms with Gasteiger partial charge in [-0.2, -0.15) is 0 Å². The molecule has 3 heteroatoms. The highest BCUT2D eigenvalue weighted by Crippen LogP contribution is 2.26. The monoisotopic (exact) mass is 341 g/mol. The first-order valence-electron chi connectivity index (χ1n) is 7.62. The molecule has 1 N–H and O–H groups in total. The minimum absolute atomic E-state index is 0.567. The van der Waals surface area contributed by atoms with E-state index in [9.17, 15) is 0 Å². The predicted molar refractivity (Wildman–Crippen MR) is 90.6 cm³/mol. The lowest BCUT2D eigenvalue weighted by Crippen LogP contribution is -2.32. The fraction of sp³-hybridized carbons (Fsp3) is 0.647. The standard InChI is InChI=1S/C17H28BrNO/c1-5-10-19-15(8-6-13(2)3)11-14-7-9-17(20-4)16(18)12-14/h7,9,12-13,15,19H,5-6,8,10-11H2,1-4H3. The van der Waals surface area contributed by atoms with Gasteiger partial charge >= 0.3 is 0 Å². The van der Waals surface area contributed by atoms with Crippen LogP contribution in [-0.4, -0.2) is 19.7 Å². The van der Waals surface area contributed by atoms with Crippen LogP contribution in [0.25, 0.3) is 0 Å². The third-order valence-corrected chi connectivity index (χ3v) is 4.09. The van der Waals surface area contributed by atoms with Gasteiger partial charge in [0.05, 0.1) is 11.6 Å². The first kappa shape index (κ1) is 17.5. The molecule has 2 nitrogen and oxygen atoms in total. The van der Waals surface area contributed by atoms with Gasteiger partial charge in [-0.1, -0.05) is 26.8 Å². The van der Waals surface area contributed by atoms with Gasteiger partial charge in [-0.25, -0.2) is 0 Å². The van der Waals surface area contributed by atoms with Gasteiger partial charge in [-0.15, -0.1) is 0 Å². The van der Waals surface area contributed by atoms with E-state index in [1.165, 1.54) is 24.8 Å². The van der Waals surface area contributed by atoms with Gasteiger partial charge in [0, 0.05) is 6.04 Å². The SMILES string of the molecule is CCCNC(CCC(C)C)Cc1ccc(OC)c(Br)c1. The zero-order valence-electron chi connectivity index (χ0n) is 13.2. The lowest BCUT2D eigenvalue weighted by atomic mass is 9.97. The fourth-order valence-corrected chi connectivity index (χ4v) is 2.87. The molecular weight excluding hydrogens is 314 g/mol. The molecule has 1 unspecified atom stereocenters. The molecule has 0 amide bonds. The molecule has 0 bridgehead atoms. The second-order valence-corrected chi connectivity index (χ2v) is 6.65. The highest BCUT2D eigenvalue weighted by atomic mass is 79.9. The molecule has 0 fully saturated rings. The molecule has 0 aliphatic carbocycles. The first-order chi connectivity index (χ1) is 9.56. The topological polar surface area (TPSA) is 21.3 Å². The zero-order valence-corrected chi connectivity index (χ0v) is 14.8. The molecule has 20 heavy (non-hydrogen) atoms. The molecule has 0 heterocycles. The minimum atomic E-state index is 0.567. The Kier molecular flexibility index (Phi) is 8.24. The van der Waals surface area contributed by atoms with Crippen LogP contribution in [0.5, 0.6) is 5.75 Å². The summed E-state index contributed by atoms with van der Waals surface area (Å²) in [5.74, 6) is 1.66. The summed E-state index contributed by atoms with van der Waals surface area (Å²) in [4.78, 5) is 0. The van der Waals surface area contributed by atoms with Crippen molar-refractivity contribution in [2.24, 2.45) is 5.92 Å². The average molecular weight is 342 g/mol. The molecule has 0 aliphatic rings. The number of nitrogens with one attached hydrogen (secondary N) is 1. The van der Waals surface area contributed by atoms with E-state index in [2.05, 4.69) is 54.2 Å². The molecule has 0 saturated heterocycles. The summed E-state index contributed by atoms with van der Waals surface area (Å²) in [7, 11) is 1.70. The Morgan fingerprint density at radius 1 is 1.25 bits per heavy atom. The Labute approximate surface area is 132 Å². The van der Waals surface area contributed by atoms with Crippen LogP contribution in [-0.2, 0) is 6.42 Å². The van der Waals surface area contributed by atoms with Crippen molar-refractivity contribution in [1.82, 2.24) is 5.32 Å². The quantitative estimate of drug-likeness (QED) is 0.696. The highest BCUT2D eigenvalue weighted by molar-refractivity contribution is 9.10. The Morgan fingerprint density at radius 2 is 2.00 bits per heavy atom. The van der Waals surface area contributed by atoms with Crippen molar-refractivity contribution >= 4 is 15.9 Å². The molecular formula is C17H28BrNO. The lowest BCUT2D eigenvalue weighted by molar-refractivity contribution is 0.411. The number of rotatable bonds is 9. The van der Waals surface area contributed by atoms with Gasteiger partial charge in [-0.3, -0.25) is 0 Å². The van der Waals surface area contributed by atoms with Crippen molar-refractivity contribution in [3.05, 3.63) is 28.2 Å². The van der Waals surface area contributed by atoms with Gasteiger partial charge in [-0.05, 0) is 71.8 Å². The van der Waals surface area contributed by atoms with Crippen molar-refractivity contribution in [2.45, 2.75) is 52.5 Å². The third kappa shape index (κ3) is 6.27. The zero-order chi connectivity index (χ0) is 15.0. The van der Waals surface area contributed by atoms with Gasteiger partial charge in [0.1, 0.15) is 5.75 Å². The lowest BCUT2D eigenvalue weighted by Gasteiger charge is -2.20. The van der Waals surface area contributed by atoms with Crippen molar-refractivity contribution in [3.63, 3.8) is 0 Å². The highest BCUT2D eigenvalue weighted by Gasteiger charge is 2.11. The van der Waals surface area contributed by atoms with E-state index >= 15 is 0 Å². The van der Waals surface area contributed by atoms with E-state index in [0.29, 0.717) is 6.04 Å². The maximum absolute atomic E-state index is 5.29. The smallest absolute Gasteiger partial charge is 0.133 e. The number of benzene rings is 1. The largest absolute Gasteiger partial charge is 0.496 e. The van der Waals surface area contributed by atoms with Crippen LogP contribution in [0.1, 0.15) is 45.6 Å². The molecule has 1 aromatic rings. The maximum atomic E-state index is 5.29. The molecule has 0 aromatic heterocycles.